The molecule has 0 aliphatic carbocycles. The van der Waals surface area contributed by atoms with E-state index >= 15 is 0 Å². The molecule has 2 fully saturated rings. The number of nitrogens with zero attached hydrogens (tertiary/aromatic N) is 6. The Morgan fingerprint density at radius 1 is 1.22 bits per heavy atom. The molecule has 9 nitrogen and oxygen atoms in total. The molecule has 0 bridgehead atoms. The number of aliphatic imine (C=N–C) groups is 1. The lowest BCUT2D eigenvalue weighted by atomic mass is 9.90. The van der Waals surface area contributed by atoms with Crippen LogP contribution in [0.4, 0.5) is 6.01 Å². The van der Waals surface area contributed by atoms with Crippen LogP contribution in [0.25, 0.3) is 0 Å². The smallest absolute Gasteiger partial charge is 0.324 e. The zero-order chi connectivity index (χ0) is 22.5. The highest BCUT2D eigenvalue weighted by Crippen LogP contribution is 2.30. The molecular weight excluding hydrogens is 406 g/mol. The van der Waals surface area contributed by atoms with E-state index in [9.17, 15) is 5.11 Å². The van der Waals surface area contributed by atoms with E-state index in [2.05, 4.69) is 38.8 Å². The molecule has 2 atom stereocenters. The molecule has 3 heterocycles. The maximum Gasteiger partial charge on any atom is 0.324 e. The number of phenolic OH excluding ortho intramolecular Hbond substituents is 1. The minimum Gasteiger partial charge on any atom is -0.508 e. The van der Waals surface area contributed by atoms with Gasteiger partial charge < -0.3 is 14.5 Å². The van der Waals surface area contributed by atoms with Gasteiger partial charge >= 0.3 is 6.01 Å². The van der Waals surface area contributed by atoms with Crippen molar-refractivity contribution in [2.45, 2.75) is 44.6 Å². The number of amidine groups is 1. The van der Waals surface area contributed by atoms with E-state index in [1.54, 1.807) is 12.1 Å². The Hall–Kier alpha value is -3.20. The highest BCUT2D eigenvalue weighted by atomic mass is 16.5. The van der Waals surface area contributed by atoms with Crippen molar-refractivity contribution < 1.29 is 9.63 Å². The average molecular weight is 438 g/mol. The number of benzene rings is 1. The topological polar surface area (TPSA) is 102 Å². The third-order valence-corrected chi connectivity index (χ3v) is 6.15. The van der Waals surface area contributed by atoms with Crippen LogP contribution in [0, 0.1) is 6.92 Å². The Kier molecular flexibility index (Phi) is 6.84. The van der Waals surface area contributed by atoms with Crippen molar-refractivity contribution in [1.29, 1.82) is 0 Å². The van der Waals surface area contributed by atoms with E-state index in [0.717, 1.165) is 62.3 Å². The number of hydrogen-bond acceptors (Lipinski definition) is 8. The fraction of sp³-hybridized carbons (Fsp3) is 0.478. The number of nitrogens with one attached hydrogen (secondary N) is 1. The van der Waals surface area contributed by atoms with Crippen molar-refractivity contribution >= 4 is 18.6 Å². The number of anilines is 1. The van der Waals surface area contributed by atoms with Gasteiger partial charge in [0.25, 0.3) is 0 Å². The molecule has 4 rings (SSSR count). The maximum atomic E-state index is 9.64. The number of aromatic hydroxyl groups is 1. The third kappa shape index (κ3) is 4.99. The first kappa shape index (κ1) is 22.0. The van der Waals surface area contributed by atoms with Crippen LogP contribution in [0.1, 0.15) is 43.0 Å². The van der Waals surface area contributed by atoms with Gasteiger partial charge in [-0.15, -0.1) is 0 Å². The van der Waals surface area contributed by atoms with Crippen LogP contribution in [0.2, 0.25) is 0 Å². The van der Waals surface area contributed by atoms with Gasteiger partial charge in [-0.3, -0.25) is 15.3 Å². The highest BCUT2D eigenvalue weighted by Gasteiger charge is 2.28. The van der Waals surface area contributed by atoms with Crippen LogP contribution < -0.4 is 10.2 Å². The van der Waals surface area contributed by atoms with Crippen molar-refractivity contribution in [3.8, 4) is 5.75 Å². The molecule has 2 N–H and O–H groups in total. The van der Waals surface area contributed by atoms with Crippen LogP contribution in [0.3, 0.4) is 0 Å². The van der Waals surface area contributed by atoms with Crippen molar-refractivity contribution in [2.75, 3.05) is 31.2 Å². The molecule has 0 amide bonds. The summed E-state index contributed by atoms with van der Waals surface area (Å²) < 4.78 is 5.33. The van der Waals surface area contributed by atoms with Crippen molar-refractivity contribution in [1.82, 2.24) is 20.5 Å². The summed E-state index contributed by atoms with van der Waals surface area (Å²) in [7, 11) is 0. The van der Waals surface area contributed by atoms with E-state index in [4.69, 9.17) is 9.52 Å². The lowest BCUT2D eigenvalue weighted by Gasteiger charge is -2.32. The fourth-order valence-electron chi connectivity index (χ4n) is 4.37. The van der Waals surface area contributed by atoms with Gasteiger partial charge in [0.15, 0.2) is 5.82 Å². The van der Waals surface area contributed by atoms with E-state index in [0.29, 0.717) is 18.5 Å². The Morgan fingerprint density at radius 2 is 2.03 bits per heavy atom. The van der Waals surface area contributed by atoms with Crippen molar-refractivity contribution in [3.05, 3.63) is 47.8 Å². The quantitative estimate of drug-likeness (QED) is 0.529. The molecular formula is C23H31N7O2. The molecule has 0 radical (unpaired) electrons. The first-order chi connectivity index (χ1) is 15.5. The monoisotopic (exact) mass is 437 g/mol. The first-order valence-corrected chi connectivity index (χ1v) is 11.1. The summed E-state index contributed by atoms with van der Waals surface area (Å²) in [4.78, 5) is 11.4. The summed E-state index contributed by atoms with van der Waals surface area (Å²) in [5.41, 5.74) is 2.28. The number of aryl methyl sites for hydroxylation is 1. The summed E-state index contributed by atoms with van der Waals surface area (Å²) >= 11 is 0. The molecule has 170 valence electrons. The summed E-state index contributed by atoms with van der Waals surface area (Å²) in [6.07, 6.45) is 3.74. The molecule has 0 spiro atoms. The van der Waals surface area contributed by atoms with Gasteiger partial charge in [0.1, 0.15) is 11.6 Å². The standard InChI is InChI=1S/C23H31N7O2/c1-16-10-13-29(23-27-17(2)28-32-23)14-11-21(16)25-15-26-22-20(5-4-12-30(22)24-3)18-6-8-19(31)9-7-18/h6-9,20-21,25,31H,1,3-5,10-15H2,2H3. The summed E-state index contributed by atoms with van der Waals surface area (Å²) in [5.74, 6) is 1.95. The van der Waals surface area contributed by atoms with Gasteiger partial charge in [-0.05, 0) is 50.3 Å². The predicted molar refractivity (Wildman–Crippen MR) is 125 cm³/mol. The highest BCUT2D eigenvalue weighted by molar-refractivity contribution is 5.89. The van der Waals surface area contributed by atoms with Gasteiger partial charge in [0.05, 0.1) is 6.67 Å². The summed E-state index contributed by atoms with van der Waals surface area (Å²) in [5, 5.41) is 23.2. The first-order valence-electron chi connectivity index (χ1n) is 11.1. The van der Waals surface area contributed by atoms with E-state index in [1.807, 2.05) is 24.1 Å². The number of hydrogen-bond donors (Lipinski definition) is 2. The largest absolute Gasteiger partial charge is 0.508 e. The molecule has 2 saturated heterocycles. The molecule has 0 saturated carbocycles. The maximum absolute atomic E-state index is 9.64. The molecule has 9 heteroatoms. The van der Waals surface area contributed by atoms with Gasteiger partial charge in [0.2, 0.25) is 0 Å². The van der Waals surface area contributed by atoms with Gasteiger partial charge in [-0.1, -0.05) is 29.4 Å². The van der Waals surface area contributed by atoms with Gasteiger partial charge in [-0.2, -0.15) is 10.1 Å². The normalized spacial score (nSPS) is 23.4. The molecule has 2 aliphatic rings. The second-order valence-electron chi connectivity index (χ2n) is 8.29. The average Bonchev–Trinajstić information content (AvgIpc) is 3.15. The zero-order valence-electron chi connectivity index (χ0n) is 18.6. The molecule has 1 aromatic carbocycles. The molecule has 32 heavy (non-hydrogen) atoms. The second kappa shape index (κ2) is 9.95. The van der Waals surface area contributed by atoms with Gasteiger partial charge in [0, 0.05) is 38.3 Å². The van der Waals surface area contributed by atoms with Crippen LogP contribution in [-0.4, -0.2) is 65.2 Å². The molecule has 2 unspecified atom stereocenters. The second-order valence-corrected chi connectivity index (χ2v) is 8.29. The Balaban J connectivity index is 1.42. The number of hydrazone groups is 1. The van der Waals surface area contributed by atoms with Gasteiger partial charge in [-0.25, -0.2) is 0 Å². The Labute approximate surface area is 188 Å². The third-order valence-electron chi connectivity index (χ3n) is 6.15. The summed E-state index contributed by atoms with van der Waals surface area (Å²) in [6.45, 7) is 12.8. The van der Waals surface area contributed by atoms with Crippen molar-refractivity contribution in [2.24, 2.45) is 10.1 Å². The van der Waals surface area contributed by atoms with Crippen LogP contribution in [-0.2, 0) is 0 Å². The fourth-order valence-corrected chi connectivity index (χ4v) is 4.37. The number of aromatic nitrogens is 2. The number of piperidine rings is 1. The van der Waals surface area contributed by atoms with Crippen LogP contribution in [0.15, 0.2) is 51.0 Å². The Bertz CT molecular complexity index is 969. The van der Waals surface area contributed by atoms with E-state index < -0.39 is 0 Å². The predicted octanol–water partition coefficient (Wildman–Crippen LogP) is 3.05. The Morgan fingerprint density at radius 3 is 2.75 bits per heavy atom. The minimum absolute atomic E-state index is 0.130. The van der Waals surface area contributed by atoms with Crippen LogP contribution >= 0.6 is 0 Å². The lowest BCUT2D eigenvalue weighted by molar-refractivity contribution is 0.371. The minimum atomic E-state index is 0.130. The summed E-state index contributed by atoms with van der Waals surface area (Å²) in [6, 6.07) is 8.08. The van der Waals surface area contributed by atoms with Crippen molar-refractivity contribution in [3.63, 3.8) is 0 Å². The molecule has 2 aliphatic heterocycles. The molecule has 1 aromatic heterocycles. The number of phenols is 1. The zero-order valence-corrected chi connectivity index (χ0v) is 18.6. The number of rotatable bonds is 6. The van der Waals surface area contributed by atoms with Crippen LogP contribution in [0.5, 0.6) is 5.75 Å². The lowest BCUT2D eigenvalue weighted by Crippen LogP contribution is -2.38. The van der Waals surface area contributed by atoms with E-state index in [1.165, 1.54) is 0 Å². The SMILES string of the molecule is C=NN1CCCC(c2ccc(O)cc2)C1=NCNC1CCN(c2nc(C)no2)CCC1=C. The van der Waals surface area contributed by atoms with E-state index in [-0.39, 0.29) is 17.7 Å². The molecule has 2 aromatic rings.